The van der Waals surface area contributed by atoms with Crippen LogP contribution in [0.3, 0.4) is 0 Å². The van der Waals surface area contributed by atoms with Gasteiger partial charge < -0.3 is 19.9 Å². The van der Waals surface area contributed by atoms with E-state index in [0.717, 1.165) is 0 Å². The third-order valence-electron chi connectivity index (χ3n) is 4.99. The first-order valence-corrected chi connectivity index (χ1v) is 10.0. The van der Waals surface area contributed by atoms with Crippen molar-refractivity contribution >= 4 is 17.6 Å². The Balaban J connectivity index is 1.32. The summed E-state index contributed by atoms with van der Waals surface area (Å²) in [5.41, 5.74) is 0.935. The number of rotatable bonds is 4. The molecule has 1 aliphatic rings. The number of amides is 3. The third-order valence-corrected chi connectivity index (χ3v) is 4.99. The molecule has 1 fully saturated rings. The molecule has 0 spiro atoms. The summed E-state index contributed by atoms with van der Waals surface area (Å²) in [6.45, 7) is 1.57. The first kappa shape index (κ1) is 20.4. The highest BCUT2D eigenvalue weighted by molar-refractivity contribution is 5.94. The molecule has 0 radical (unpaired) electrons. The molecule has 6 nitrogen and oxygen atoms in total. The number of benzene rings is 3. The lowest BCUT2D eigenvalue weighted by Gasteiger charge is -2.34. The fourth-order valence-corrected chi connectivity index (χ4v) is 3.38. The second-order valence-corrected chi connectivity index (χ2v) is 7.16. The van der Waals surface area contributed by atoms with E-state index in [9.17, 15) is 14.0 Å². The molecule has 7 heteroatoms. The Morgan fingerprint density at radius 1 is 0.774 bits per heavy atom. The molecule has 1 aliphatic heterocycles. The molecule has 3 aromatic carbocycles. The smallest absolute Gasteiger partial charge is 0.321 e. The van der Waals surface area contributed by atoms with Gasteiger partial charge >= 0.3 is 6.03 Å². The minimum absolute atomic E-state index is 0.231. The van der Waals surface area contributed by atoms with Crippen LogP contribution in [-0.4, -0.2) is 47.9 Å². The number of hydrogen-bond acceptors (Lipinski definition) is 3. The lowest BCUT2D eigenvalue weighted by molar-refractivity contribution is 0.0671. The van der Waals surface area contributed by atoms with Crippen molar-refractivity contribution in [3.05, 3.63) is 90.2 Å². The van der Waals surface area contributed by atoms with Crippen LogP contribution in [0.4, 0.5) is 14.9 Å². The van der Waals surface area contributed by atoms with Crippen molar-refractivity contribution in [1.29, 1.82) is 0 Å². The molecule has 1 heterocycles. The van der Waals surface area contributed by atoms with E-state index in [1.54, 1.807) is 28.0 Å². The molecule has 0 atom stereocenters. The maximum absolute atomic E-state index is 13.4. The van der Waals surface area contributed by atoms with Crippen LogP contribution in [0.1, 0.15) is 10.4 Å². The summed E-state index contributed by atoms with van der Waals surface area (Å²) in [6.07, 6.45) is 0. The summed E-state index contributed by atoms with van der Waals surface area (Å²) in [4.78, 5) is 28.5. The van der Waals surface area contributed by atoms with Gasteiger partial charge in [0.2, 0.25) is 0 Å². The van der Waals surface area contributed by atoms with E-state index in [0.29, 0.717) is 48.9 Å². The van der Waals surface area contributed by atoms with E-state index in [-0.39, 0.29) is 11.9 Å². The highest BCUT2D eigenvalue weighted by atomic mass is 19.1. The second kappa shape index (κ2) is 9.30. The first-order valence-electron chi connectivity index (χ1n) is 10.0. The van der Waals surface area contributed by atoms with Crippen molar-refractivity contribution in [1.82, 2.24) is 9.80 Å². The lowest BCUT2D eigenvalue weighted by Crippen LogP contribution is -2.51. The normalized spacial score (nSPS) is 13.6. The van der Waals surface area contributed by atoms with Crippen molar-refractivity contribution < 1.29 is 18.7 Å². The van der Waals surface area contributed by atoms with Gasteiger partial charge in [0.05, 0.1) is 0 Å². The van der Waals surface area contributed by atoms with E-state index < -0.39 is 5.82 Å². The van der Waals surface area contributed by atoms with E-state index >= 15 is 0 Å². The van der Waals surface area contributed by atoms with Crippen molar-refractivity contribution in [3.63, 3.8) is 0 Å². The molecule has 0 unspecified atom stereocenters. The van der Waals surface area contributed by atoms with Crippen LogP contribution in [0.25, 0.3) is 0 Å². The zero-order chi connectivity index (χ0) is 21.6. The largest absolute Gasteiger partial charge is 0.457 e. The standard InChI is InChI=1S/C24H22FN3O3/c25-19-7-4-6-18(16-19)23(29)27-12-14-28(15-13-27)24(30)26-20-8-5-11-22(17-20)31-21-9-2-1-3-10-21/h1-11,16-17H,12-15H2,(H,26,30). The molecule has 4 rings (SSSR count). The van der Waals surface area contributed by atoms with Gasteiger partial charge in [-0.2, -0.15) is 0 Å². The number of halogens is 1. The zero-order valence-corrected chi connectivity index (χ0v) is 16.8. The zero-order valence-electron chi connectivity index (χ0n) is 16.8. The number of piperazine rings is 1. The van der Waals surface area contributed by atoms with Crippen LogP contribution in [0, 0.1) is 5.82 Å². The summed E-state index contributed by atoms with van der Waals surface area (Å²) in [7, 11) is 0. The van der Waals surface area contributed by atoms with Crippen LogP contribution in [0.5, 0.6) is 11.5 Å². The summed E-state index contributed by atoms with van der Waals surface area (Å²) in [5.74, 6) is 0.659. The Kier molecular flexibility index (Phi) is 6.12. The van der Waals surface area contributed by atoms with Gasteiger partial charge in [-0.05, 0) is 42.5 Å². The van der Waals surface area contributed by atoms with Crippen molar-refractivity contribution in [2.75, 3.05) is 31.5 Å². The molecule has 0 aliphatic carbocycles. The summed E-state index contributed by atoms with van der Waals surface area (Å²) in [5, 5.41) is 2.87. The number of anilines is 1. The second-order valence-electron chi connectivity index (χ2n) is 7.16. The van der Waals surface area contributed by atoms with Crippen LogP contribution in [0.15, 0.2) is 78.9 Å². The number of para-hydroxylation sites is 1. The first-order chi connectivity index (χ1) is 15.1. The number of nitrogens with one attached hydrogen (secondary N) is 1. The molecule has 0 aromatic heterocycles. The lowest BCUT2D eigenvalue weighted by atomic mass is 10.2. The molecule has 1 N–H and O–H groups in total. The van der Waals surface area contributed by atoms with Crippen LogP contribution in [-0.2, 0) is 0 Å². The van der Waals surface area contributed by atoms with Crippen LogP contribution in [0.2, 0.25) is 0 Å². The van der Waals surface area contributed by atoms with Gasteiger partial charge in [-0.15, -0.1) is 0 Å². The van der Waals surface area contributed by atoms with Gasteiger partial charge in [0, 0.05) is 43.5 Å². The van der Waals surface area contributed by atoms with E-state index in [1.165, 1.54) is 18.2 Å². The number of carbonyl (C=O) groups is 2. The number of ether oxygens (including phenoxy) is 1. The summed E-state index contributed by atoms with van der Waals surface area (Å²) in [6, 6.07) is 22.0. The molecule has 3 amide bonds. The fraction of sp³-hybridized carbons (Fsp3) is 0.167. The Hall–Kier alpha value is -3.87. The quantitative estimate of drug-likeness (QED) is 0.672. The molecular formula is C24H22FN3O3. The molecule has 31 heavy (non-hydrogen) atoms. The van der Waals surface area contributed by atoms with Crippen molar-refractivity contribution in [2.45, 2.75) is 0 Å². The van der Waals surface area contributed by atoms with E-state index in [1.807, 2.05) is 42.5 Å². The van der Waals surface area contributed by atoms with Gasteiger partial charge in [-0.3, -0.25) is 4.79 Å². The van der Waals surface area contributed by atoms with Gasteiger partial charge in [-0.25, -0.2) is 9.18 Å². The Labute approximate surface area is 179 Å². The number of nitrogens with zero attached hydrogens (tertiary/aromatic N) is 2. The monoisotopic (exact) mass is 419 g/mol. The SMILES string of the molecule is O=C(Nc1cccc(Oc2ccccc2)c1)N1CCN(C(=O)c2cccc(F)c2)CC1. The molecule has 158 valence electrons. The highest BCUT2D eigenvalue weighted by Gasteiger charge is 2.25. The van der Waals surface area contributed by atoms with Crippen LogP contribution < -0.4 is 10.1 Å². The fourth-order valence-electron chi connectivity index (χ4n) is 3.38. The average molecular weight is 419 g/mol. The molecule has 1 saturated heterocycles. The average Bonchev–Trinajstić information content (AvgIpc) is 2.79. The Bertz CT molecular complexity index is 1070. The van der Waals surface area contributed by atoms with Crippen molar-refractivity contribution in [2.24, 2.45) is 0 Å². The maximum Gasteiger partial charge on any atom is 0.321 e. The van der Waals surface area contributed by atoms with E-state index in [2.05, 4.69) is 5.32 Å². The molecule has 3 aromatic rings. The Morgan fingerprint density at radius 3 is 2.19 bits per heavy atom. The van der Waals surface area contributed by atoms with Gasteiger partial charge in [0.25, 0.3) is 5.91 Å². The van der Waals surface area contributed by atoms with E-state index in [4.69, 9.17) is 4.74 Å². The predicted octanol–water partition coefficient (Wildman–Crippen LogP) is 4.61. The minimum atomic E-state index is -0.442. The number of urea groups is 1. The predicted molar refractivity (Wildman–Crippen MR) is 116 cm³/mol. The summed E-state index contributed by atoms with van der Waals surface area (Å²) < 4.78 is 19.2. The van der Waals surface area contributed by atoms with Crippen molar-refractivity contribution in [3.8, 4) is 11.5 Å². The van der Waals surface area contributed by atoms with Gasteiger partial charge in [-0.1, -0.05) is 30.3 Å². The highest BCUT2D eigenvalue weighted by Crippen LogP contribution is 2.24. The Morgan fingerprint density at radius 2 is 1.45 bits per heavy atom. The minimum Gasteiger partial charge on any atom is -0.457 e. The maximum atomic E-state index is 13.4. The number of hydrogen-bond donors (Lipinski definition) is 1. The topological polar surface area (TPSA) is 61.9 Å². The molecule has 0 bridgehead atoms. The van der Waals surface area contributed by atoms with Gasteiger partial charge in [0.15, 0.2) is 0 Å². The van der Waals surface area contributed by atoms with Gasteiger partial charge in [0.1, 0.15) is 17.3 Å². The summed E-state index contributed by atoms with van der Waals surface area (Å²) >= 11 is 0. The number of carbonyl (C=O) groups excluding carboxylic acids is 2. The third kappa shape index (κ3) is 5.19. The van der Waals surface area contributed by atoms with Crippen LogP contribution >= 0.6 is 0 Å². The molecule has 0 saturated carbocycles. The molecular weight excluding hydrogens is 397 g/mol.